The maximum absolute atomic E-state index is 13.4. The summed E-state index contributed by atoms with van der Waals surface area (Å²) in [7, 11) is 0. The molecule has 0 bridgehead atoms. The van der Waals surface area contributed by atoms with Crippen molar-refractivity contribution in [1.29, 1.82) is 0 Å². The molecule has 2 rings (SSSR count). The van der Waals surface area contributed by atoms with Crippen LogP contribution in [0.2, 0.25) is 0 Å². The third-order valence-corrected chi connectivity index (χ3v) is 3.41. The second-order valence-corrected chi connectivity index (χ2v) is 4.58. The van der Waals surface area contributed by atoms with Gasteiger partial charge in [-0.15, -0.1) is 11.8 Å². The zero-order valence-electron chi connectivity index (χ0n) is 7.70. The number of nitrogen functional groups attached to an aromatic ring is 1. The smallest absolute Gasteiger partial charge is 0.150 e. The van der Waals surface area contributed by atoms with Gasteiger partial charge >= 0.3 is 0 Å². The van der Waals surface area contributed by atoms with Gasteiger partial charge in [-0.25, -0.2) is 4.39 Å². The average Bonchev–Trinajstić information content (AvgIpc) is 2.09. The minimum absolute atomic E-state index is 0.230. The van der Waals surface area contributed by atoms with Crippen LogP contribution in [0, 0.1) is 5.82 Å². The van der Waals surface area contributed by atoms with Crippen LogP contribution in [0.15, 0.2) is 18.2 Å². The lowest BCUT2D eigenvalue weighted by Gasteiger charge is -2.25. The molecule has 1 fully saturated rings. The van der Waals surface area contributed by atoms with Crippen LogP contribution in [-0.4, -0.2) is 18.5 Å². The fourth-order valence-corrected chi connectivity index (χ4v) is 2.25. The number of thioether (sulfide) groups is 1. The first-order valence-electron chi connectivity index (χ1n) is 4.49. The van der Waals surface area contributed by atoms with Crippen molar-refractivity contribution in [1.82, 2.24) is 0 Å². The molecule has 0 radical (unpaired) electrons. The number of ether oxygens (including phenoxy) is 1. The van der Waals surface area contributed by atoms with Crippen molar-refractivity contribution in [3.8, 4) is 0 Å². The highest BCUT2D eigenvalue weighted by molar-refractivity contribution is 7.99. The van der Waals surface area contributed by atoms with Crippen LogP contribution in [0.25, 0.3) is 0 Å². The van der Waals surface area contributed by atoms with E-state index in [0.29, 0.717) is 16.6 Å². The van der Waals surface area contributed by atoms with E-state index in [1.807, 2.05) is 0 Å². The van der Waals surface area contributed by atoms with Crippen molar-refractivity contribution in [3.63, 3.8) is 0 Å². The van der Waals surface area contributed by atoms with Crippen LogP contribution in [0.1, 0.15) is 5.56 Å². The molecule has 1 aliphatic rings. The molecule has 0 atom stereocenters. The number of rotatable bonds is 3. The van der Waals surface area contributed by atoms with Crippen molar-refractivity contribution < 1.29 is 9.13 Å². The highest BCUT2D eigenvalue weighted by Crippen LogP contribution is 2.25. The van der Waals surface area contributed by atoms with E-state index in [1.54, 1.807) is 30.0 Å². The molecular formula is C10H12FNOS. The van der Waals surface area contributed by atoms with Crippen LogP contribution in [0.4, 0.5) is 10.1 Å². The summed E-state index contributed by atoms with van der Waals surface area (Å²) in [6, 6.07) is 5.14. The van der Waals surface area contributed by atoms with E-state index >= 15 is 0 Å². The molecule has 0 unspecified atom stereocenters. The summed E-state index contributed by atoms with van der Waals surface area (Å²) in [4.78, 5) is 0. The van der Waals surface area contributed by atoms with Gasteiger partial charge in [0.05, 0.1) is 24.2 Å². The normalized spacial score (nSPS) is 16.6. The lowest BCUT2D eigenvalue weighted by atomic mass is 10.2. The minimum atomic E-state index is -0.278. The van der Waals surface area contributed by atoms with Gasteiger partial charge in [0.25, 0.3) is 0 Å². The summed E-state index contributed by atoms with van der Waals surface area (Å²) in [5.41, 5.74) is 6.38. The Bertz CT molecular complexity index is 328. The summed E-state index contributed by atoms with van der Waals surface area (Å²) in [5.74, 6) is 0.394. The Kier molecular flexibility index (Phi) is 2.93. The summed E-state index contributed by atoms with van der Waals surface area (Å²) in [6.45, 7) is 1.57. The standard InChI is InChI=1S/C10H12FNOS/c11-10-7(2-1-3-9(10)12)6-14-8-4-13-5-8/h1-3,8H,4-6,12H2. The molecule has 1 heterocycles. The molecule has 2 nitrogen and oxygen atoms in total. The van der Waals surface area contributed by atoms with E-state index in [9.17, 15) is 4.39 Å². The quantitative estimate of drug-likeness (QED) is 0.780. The Morgan fingerprint density at radius 3 is 2.93 bits per heavy atom. The zero-order chi connectivity index (χ0) is 9.97. The Balaban J connectivity index is 1.97. The molecule has 76 valence electrons. The molecule has 2 N–H and O–H groups in total. The molecule has 1 saturated heterocycles. The van der Waals surface area contributed by atoms with Crippen molar-refractivity contribution in [3.05, 3.63) is 29.6 Å². The summed E-state index contributed by atoms with van der Waals surface area (Å²) < 4.78 is 18.4. The Labute approximate surface area is 86.6 Å². The Hall–Kier alpha value is -0.740. The molecule has 1 aromatic rings. The minimum Gasteiger partial charge on any atom is -0.396 e. The molecule has 14 heavy (non-hydrogen) atoms. The van der Waals surface area contributed by atoms with E-state index in [-0.39, 0.29) is 11.5 Å². The Morgan fingerprint density at radius 1 is 1.50 bits per heavy atom. The van der Waals surface area contributed by atoms with E-state index in [2.05, 4.69) is 0 Å². The SMILES string of the molecule is Nc1cccc(CSC2COC2)c1F. The van der Waals surface area contributed by atoms with Crippen molar-refractivity contribution in [2.75, 3.05) is 18.9 Å². The molecule has 0 amide bonds. The summed E-state index contributed by atoms with van der Waals surface area (Å²) in [6.07, 6.45) is 0. The van der Waals surface area contributed by atoms with Gasteiger partial charge < -0.3 is 10.5 Å². The monoisotopic (exact) mass is 213 g/mol. The second-order valence-electron chi connectivity index (χ2n) is 3.29. The van der Waals surface area contributed by atoms with Gasteiger partial charge in [-0.3, -0.25) is 0 Å². The molecule has 1 aromatic carbocycles. The maximum atomic E-state index is 13.4. The lowest BCUT2D eigenvalue weighted by Crippen LogP contribution is -2.30. The fourth-order valence-electron chi connectivity index (χ4n) is 1.23. The summed E-state index contributed by atoms with van der Waals surface area (Å²) in [5, 5.41) is 0.524. The van der Waals surface area contributed by atoms with Crippen molar-refractivity contribution in [2.24, 2.45) is 0 Å². The van der Waals surface area contributed by atoms with Gasteiger partial charge in [-0.1, -0.05) is 12.1 Å². The molecule has 0 aliphatic carbocycles. The van der Waals surface area contributed by atoms with E-state index in [0.717, 1.165) is 13.2 Å². The number of nitrogens with two attached hydrogens (primary N) is 1. The number of hydrogen-bond donors (Lipinski definition) is 1. The van der Waals surface area contributed by atoms with Crippen LogP contribution in [0.3, 0.4) is 0 Å². The van der Waals surface area contributed by atoms with Crippen molar-refractivity contribution >= 4 is 17.4 Å². The third kappa shape index (κ3) is 2.01. The topological polar surface area (TPSA) is 35.2 Å². The molecule has 0 spiro atoms. The first-order chi connectivity index (χ1) is 6.77. The molecule has 1 aliphatic heterocycles. The molecular weight excluding hydrogens is 201 g/mol. The molecule has 0 aromatic heterocycles. The fraction of sp³-hybridized carbons (Fsp3) is 0.400. The number of halogens is 1. The maximum Gasteiger partial charge on any atom is 0.150 e. The Morgan fingerprint density at radius 2 is 2.29 bits per heavy atom. The van der Waals surface area contributed by atoms with Gasteiger partial charge in [-0.2, -0.15) is 0 Å². The summed E-state index contributed by atoms with van der Waals surface area (Å²) >= 11 is 1.72. The van der Waals surface area contributed by atoms with Gasteiger partial charge in [0.15, 0.2) is 0 Å². The van der Waals surface area contributed by atoms with E-state index < -0.39 is 0 Å². The number of benzene rings is 1. The lowest BCUT2D eigenvalue weighted by molar-refractivity contribution is 0.0455. The van der Waals surface area contributed by atoms with E-state index in [1.165, 1.54) is 0 Å². The predicted molar refractivity (Wildman–Crippen MR) is 56.7 cm³/mol. The van der Waals surface area contributed by atoms with Gasteiger partial charge in [0.2, 0.25) is 0 Å². The van der Waals surface area contributed by atoms with Gasteiger partial charge in [-0.05, 0) is 11.6 Å². The highest BCUT2D eigenvalue weighted by atomic mass is 32.2. The second kappa shape index (κ2) is 4.19. The largest absolute Gasteiger partial charge is 0.396 e. The van der Waals surface area contributed by atoms with Crippen LogP contribution in [-0.2, 0) is 10.5 Å². The highest BCUT2D eigenvalue weighted by Gasteiger charge is 2.19. The van der Waals surface area contributed by atoms with Gasteiger partial charge in [0.1, 0.15) is 5.82 Å². The van der Waals surface area contributed by atoms with Crippen LogP contribution >= 0.6 is 11.8 Å². The average molecular weight is 213 g/mol. The molecule has 4 heteroatoms. The van der Waals surface area contributed by atoms with Crippen LogP contribution < -0.4 is 5.73 Å². The third-order valence-electron chi connectivity index (χ3n) is 2.19. The van der Waals surface area contributed by atoms with Crippen LogP contribution in [0.5, 0.6) is 0 Å². The van der Waals surface area contributed by atoms with E-state index in [4.69, 9.17) is 10.5 Å². The zero-order valence-corrected chi connectivity index (χ0v) is 8.52. The number of anilines is 1. The number of hydrogen-bond acceptors (Lipinski definition) is 3. The first kappa shape index (κ1) is 9.80. The van der Waals surface area contributed by atoms with Crippen molar-refractivity contribution in [2.45, 2.75) is 11.0 Å². The van der Waals surface area contributed by atoms with Gasteiger partial charge in [0, 0.05) is 5.75 Å². The molecule has 0 saturated carbocycles. The first-order valence-corrected chi connectivity index (χ1v) is 5.54. The predicted octanol–water partition coefficient (Wildman–Crippen LogP) is 2.04.